The molecule has 0 radical (unpaired) electrons. The maximum atomic E-state index is 3.60. The molecule has 0 spiro atoms. The van der Waals surface area contributed by atoms with E-state index >= 15 is 0 Å². The summed E-state index contributed by atoms with van der Waals surface area (Å²) in [5.74, 6) is 1.61. The predicted octanol–water partition coefficient (Wildman–Crippen LogP) is 3.83. The van der Waals surface area contributed by atoms with Crippen molar-refractivity contribution in [2.75, 3.05) is 13.1 Å². The summed E-state index contributed by atoms with van der Waals surface area (Å²) in [4.78, 5) is 3.13. The Labute approximate surface area is 110 Å². The maximum Gasteiger partial charge on any atom is 0.0111 e. The van der Waals surface area contributed by atoms with Crippen LogP contribution >= 0.6 is 11.3 Å². The van der Waals surface area contributed by atoms with Crippen LogP contribution in [0.3, 0.4) is 0 Å². The van der Waals surface area contributed by atoms with E-state index in [4.69, 9.17) is 0 Å². The van der Waals surface area contributed by atoms with E-state index in [1.165, 1.54) is 24.3 Å². The topological polar surface area (TPSA) is 12.0 Å². The third-order valence-electron chi connectivity index (χ3n) is 3.93. The van der Waals surface area contributed by atoms with Crippen molar-refractivity contribution < 1.29 is 0 Å². The lowest BCUT2D eigenvalue weighted by Crippen LogP contribution is -2.24. The molecule has 0 amide bonds. The van der Waals surface area contributed by atoms with Gasteiger partial charge in [0.25, 0.3) is 0 Å². The second-order valence-corrected chi connectivity index (χ2v) is 7.16. The summed E-state index contributed by atoms with van der Waals surface area (Å²) in [7, 11) is 0. The molecule has 2 rings (SSSR count). The molecule has 2 heteroatoms. The van der Waals surface area contributed by atoms with Crippen LogP contribution in [-0.2, 0) is 11.8 Å². The average Bonchev–Trinajstić information content (AvgIpc) is 2.78. The van der Waals surface area contributed by atoms with E-state index in [1.807, 2.05) is 11.3 Å². The number of rotatable bonds is 6. The second-order valence-electron chi connectivity index (χ2n) is 5.99. The predicted molar refractivity (Wildman–Crippen MR) is 76.9 cm³/mol. The summed E-state index contributed by atoms with van der Waals surface area (Å²) in [6.45, 7) is 11.6. The van der Waals surface area contributed by atoms with Crippen molar-refractivity contribution in [3.8, 4) is 0 Å². The quantitative estimate of drug-likeness (QED) is 0.810. The minimum atomic E-state index is 0.474. The van der Waals surface area contributed by atoms with Crippen LogP contribution < -0.4 is 5.32 Å². The molecule has 1 aliphatic carbocycles. The lowest BCUT2D eigenvalue weighted by molar-refractivity contribution is 0.517. The van der Waals surface area contributed by atoms with Crippen LogP contribution in [0.25, 0.3) is 0 Å². The van der Waals surface area contributed by atoms with Crippen LogP contribution in [0.15, 0.2) is 12.1 Å². The van der Waals surface area contributed by atoms with Crippen molar-refractivity contribution in [2.45, 2.75) is 46.0 Å². The fourth-order valence-electron chi connectivity index (χ4n) is 2.47. The highest BCUT2D eigenvalue weighted by Crippen LogP contribution is 2.55. The zero-order chi connectivity index (χ0) is 12.5. The smallest absolute Gasteiger partial charge is 0.0111 e. The monoisotopic (exact) mass is 251 g/mol. The van der Waals surface area contributed by atoms with Crippen LogP contribution in [0.4, 0.5) is 0 Å². The maximum absolute atomic E-state index is 3.60. The van der Waals surface area contributed by atoms with Crippen LogP contribution in [0.5, 0.6) is 0 Å². The van der Waals surface area contributed by atoms with Crippen molar-refractivity contribution in [3.05, 3.63) is 21.9 Å². The Hall–Kier alpha value is -0.340. The van der Waals surface area contributed by atoms with Gasteiger partial charge in [-0.05, 0) is 49.9 Å². The van der Waals surface area contributed by atoms with Crippen LogP contribution in [0, 0.1) is 11.8 Å². The van der Waals surface area contributed by atoms with Gasteiger partial charge in [0.05, 0.1) is 0 Å². The first-order chi connectivity index (χ1) is 8.06. The molecule has 1 aromatic rings. The number of hydrogen-bond donors (Lipinski definition) is 1. The molecule has 1 saturated carbocycles. The molecule has 0 bridgehead atoms. The van der Waals surface area contributed by atoms with Gasteiger partial charge in [-0.2, -0.15) is 0 Å². The zero-order valence-electron chi connectivity index (χ0n) is 11.5. The van der Waals surface area contributed by atoms with Gasteiger partial charge < -0.3 is 5.32 Å². The van der Waals surface area contributed by atoms with E-state index in [2.05, 4.69) is 45.1 Å². The number of nitrogens with one attached hydrogen (secondary N) is 1. The van der Waals surface area contributed by atoms with Gasteiger partial charge >= 0.3 is 0 Å². The Balaban J connectivity index is 1.86. The van der Waals surface area contributed by atoms with Crippen molar-refractivity contribution >= 4 is 11.3 Å². The molecule has 1 nitrogen and oxygen atoms in total. The molecule has 17 heavy (non-hydrogen) atoms. The summed E-state index contributed by atoms with van der Waals surface area (Å²) >= 11 is 2.02. The number of hydrogen-bond acceptors (Lipinski definition) is 2. The van der Waals surface area contributed by atoms with E-state index in [0.717, 1.165) is 18.4 Å². The van der Waals surface area contributed by atoms with Crippen molar-refractivity contribution in [2.24, 2.45) is 11.8 Å². The first-order valence-electron chi connectivity index (χ1n) is 6.86. The molecule has 1 aliphatic rings. The largest absolute Gasteiger partial charge is 0.316 e. The summed E-state index contributed by atoms with van der Waals surface area (Å²) in [6, 6.07) is 4.66. The van der Waals surface area contributed by atoms with E-state index in [9.17, 15) is 0 Å². The van der Waals surface area contributed by atoms with Gasteiger partial charge in [-0.15, -0.1) is 11.3 Å². The van der Waals surface area contributed by atoms with Gasteiger partial charge in [-0.25, -0.2) is 0 Å². The van der Waals surface area contributed by atoms with E-state index in [0.29, 0.717) is 5.41 Å². The van der Waals surface area contributed by atoms with Gasteiger partial charge in [-0.1, -0.05) is 27.7 Å². The third kappa shape index (κ3) is 2.92. The standard InChI is InChI=1S/C15H25NS/c1-5-13-6-7-14(17-13)15(4)8-12(15)10-16-9-11(2)3/h6-7,11-12,16H,5,8-10H2,1-4H3. The molecule has 2 atom stereocenters. The molecule has 2 unspecified atom stereocenters. The molecular weight excluding hydrogens is 226 g/mol. The van der Waals surface area contributed by atoms with Crippen LogP contribution in [0.1, 0.15) is 43.9 Å². The van der Waals surface area contributed by atoms with E-state index < -0.39 is 0 Å². The van der Waals surface area contributed by atoms with Gasteiger partial charge in [0.15, 0.2) is 0 Å². The molecule has 1 heterocycles. The van der Waals surface area contributed by atoms with Gasteiger partial charge in [0.1, 0.15) is 0 Å². The van der Waals surface area contributed by atoms with E-state index in [1.54, 1.807) is 4.88 Å². The lowest BCUT2D eigenvalue weighted by atomic mass is 10.0. The zero-order valence-corrected chi connectivity index (χ0v) is 12.4. The Morgan fingerprint density at radius 1 is 1.47 bits per heavy atom. The third-order valence-corrected chi connectivity index (χ3v) is 5.44. The minimum Gasteiger partial charge on any atom is -0.316 e. The van der Waals surface area contributed by atoms with Crippen LogP contribution in [-0.4, -0.2) is 13.1 Å². The van der Waals surface area contributed by atoms with Gasteiger partial charge in [-0.3, -0.25) is 0 Å². The van der Waals surface area contributed by atoms with E-state index in [-0.39, 0.29) is 0 Å². The molecule has 0 aromatic carbocycles. The number of thiophene rings is 1. The minimum absolute atomic E-state index is 0.474. The summed E-state index contributed by atoms with van der Waals surface area (Å²) in [5.41, 5.74) is 0.474. The lowest BCUT2D eigenvalue weighted by Gasteiger charge is -2.11. The summed E-state index contributed by atoms with van der Waals surface area (Å²) in [6.07, 6.45) is 2.54. The molecule has 96 valence electrons. The Bertz CT molecular complexity index is 369. The van der Waals surface area contributed by atoms with Crippen molar-refractivity contribution in [1.29, 1.82) is 0 Å². The first kappa shape index (κ1) is 13.1. The fraction of sp³-hybridized carbons (Fsp3) is 0.733. The molecule has 1 aromatic heterocycles. The molecular formula is C15H25NS. The molecule has 1 N–H and O–H groups in total. The normalized spacial score (nSPS) is 27.7. The second kappa shape index (κ2) is 5.11. The SMILES string of the molecule is CCc1ccc(C2(C)CC2CNCC(C)C)s1. The van der Waals surface area contributed by atoms with Crippen molar-refractivity contribution in [1.82, 2.24) is 5.32 Å². The van der Waals surface area contributed by atoms with Gasteiger partial charge in [0.2, 0.25) is 0 Å². The highest BCUT2D eigenvalue weighted by molar-refractivity contribution is 7.12. The number of aryl methyl sites for hydroxylation is 1. The summed E-state index contributed by atoms with van der Waals surface area (Å²) < 4.78 is 0. The molecule has 0 saturated heterocycles. The Morgan fingerprint density at radius 2 is 2.24 bits per heavy atom. The summed E-state index contributed by atoms with van der Waals surface area (Å²) in [5, 5.41) is 3.60. The Kier molecular flexibility index (Phi) is 3.94. The Morgan fingerprint density at radius 3 is 2.82 bits per heavy atom. The van der Waals surface area contributed by atoms with Gasteiger partial charge in [0, 0.05) is 15.2 Å². The molecule has 0 aliphatic heterocycles. The van der Waals surface area contributed by atoms with Crippen LogP contribution in [0.2, 0.25) is 0 Å². The molecule has 1 fully saturated rings. The van der Waals surface area contributed by atoms with Crippen molar-refractivity contribution in [3.63, 3.8) is 0 Å². The highest BCUT2D eigenvalue weighted by Gasteiger charge is 2.51. The average molecular weight is 251 g/mol. The fourth-order valence-corrected chi connectivity index (χ4v) is 3.66. The highest BCUT2D eigenvalue weighted by atomic mass is 32.1. The first-order valence-corrected chi connectivity index (χ1v) is 7.67.